The highest BCUT2D eigenvalue weighted by Gasteiger charge is 2.10. The van der Waals surface area contributed by atoms with E-state index < -0.39 is 5.97 Å². The first-order valence-electron chi connectivity index (χ1n) is 5.44. The van der Waals surface area contributed by atoms with Crippen LogP contribution in [0.1, 0.15) is 19.8 Å². The van der Waals surface area contributed by atoms with Crippen LogP contribution in [0, 0.1) is 5.92 Å². The fourth-order valence-electron chi connectivity index (χ4n) is 1.36. The second kappa shape index (κ2) is 7.16. The molecule has 1 heterocycles. The number of carbonyl (C=O) groups is 2. The average molecular weight is 305 g/mol. The minimum absolute atomic E-state index is 0.0478. The Morgan fingerprint density at radius 1 is 1.42 bits per heavy atom. The molecule has 0 fully saturated rings. The first-order chi connectivity index (χ1) is 8.88. The van der Waals surface area contributed by atoms with Crippen LogP contribution in [-0.4, -0.2) is 16.9 Å². The standard InChI is InChI=1S/C11H13Cl2N3O3/c1-6(3-10(18)19)2-9(17)15-16-11-8(13)4-7(12)5-14-11/h4-6H,2-3H2,1H3,(H,14,16)(H,15,17)(H,18,19)/p-1/t6-/m1/s1. The van der Waals surface area contributed by atoms with Crippen molar-refractivity contribution in [2.45, 2.75) is 19.8 Å². The Morgan fingerprint density at radius 2 is 2.11 bits per heavy atom. The molecule has 2 N–H and O–H groups in total. The summed E-state index contributed by atoms with van der Waals surface area (Å²) >= 11 is 11.5. The van der Waals surface area contributed by atoms with Gasteiger partial charge in [0.2, 0.25) is 5.91 Å². The van der Waals surface area contributed by atoms with Crippen LogP contribution in [0.2, 0.25) is 10.0 Å². The maximum atomic E-state index is 11.5. The fourth-order valence-corrected chi connectivity index (χ4v) is 1.79. The predicted molar refractivity (Wildman–Crippen MR) is 69.4 cm³/mol. The molecular weight excluding hydrogens is 293 g/mol. The van der Waals surface area contributed by atoms with Gasteiger partial charge in [-0.15, -0.1) is 0 Å². The molecule has 0 aliphatic rings. The number of hydrazine groups is 1. The predicted octanol–water partition coefficient (Wildman–Crippen LogP) is 0.998. The van der Waals surface area contributed by atoms with Crippen LogP contribution in [-0.2, 0) is 9.59 Å². The number of nitrogens with zero attached hydrogens (tertiary/aromatic N) is 1. The minimum Gasteiger partial charge on any atom is -0.550 e. The zero-order valence-corrected chi connectivity index (χ0v) is 11.6. The van der Waals surface area contributed by atoms with Gasteiger partial charge in [-0.05, 0) is 18.4 Å². The van der Waals surface area contributed by atoms with E-state index in [1.807, 2.05) is 0 Å². The zero-order valence-electron chi connectivity index (χ0n) is 10.1. The number of hydrogen-bond acceptors (Lipinski definition) is 5. The highest BCUT2D eigenvalue weighted by atomic mass is 35.5. The third-order valence-corrected chi connectivity index (χ3v) is 2.67. The van der Waals surface area contributed by atoms with Gasteiger partial charge in [0.25, 0.3) is 0 Å². The summed E-state index contributed by atoms with van der Waals surface area (Å²) in [4.78, 5) is 25.7. The minimum atomic E-state index is -1.18. The van der Waals surface area contributed by atoms with Crippen molar-refractivity contribution < 1.29 is 14.7 Å². The van der Waals surface area contributed by atoms with Crippen molar-refractivity contribution in [1.29, 1.82) is 0 Å². The highest BCUT2D eigenvalue weighted by Crippen LogP contribution is 2.21. The molecule has 8 heteroatoms. The lowest BCUT2D eigenvalue weighted by atomic mass is 10.0. The summed E-state index contributed by atoms with van der Waals surface area (Å²) in [5, 5.41) is 11.0. The maximum absolute atomic E-state index is 11.5. The molecule has 0 aromatic carbocycles. The molecular formula is C11H12Cl2N3O3-. The van der Waals surface area contributed by atoms with Crippen LogP contribution >= 0.6 is 23.2 Å². The van der Waals surface area contributed by atoms with E-state index in [0.717, 1.165) is 0 Å². The fraction of sp³-hybridized carbons (Fsp3) is 0.364. The monoisotopic (exact) mass is 304 g/mol. The van der Waals surface area contributed by atoms with Gasteiger partial charge in [-0.1, -0.05) is 30.1 Å². The lowest BCUT2D eigenvalue weighted by molar-refractivity contribution is -0.306. The van der Waals surface area contributed by atoms with Crippen LogP contribution < -0.4 is 16.0 Å². The lowest BCUT2D eigenvalue weighted by Gasteiger charge is -2.13. The number of anilines is 1. The summed E-state index contributed by atoms with van der Waals surface area (Å²) in [6, 6.07) is 1.48. The molecule has 1 aromatic heterocycles. The van der Waals surface area contributed by atoms with E-state index >= 15 is 0 Å². The largest absolute Gasteiger partial charge is 0.550 e. The van der Waals surface area contributed by atoms with Gasteiger partial charge in [0.05, 0.1) is 10.0 Å². The first-order valence-corrected chi connectivity index (χ1v) is 6.20. The molecule has 0 radical (unpaired) electrons. The Balaban J connectivity index is 2.43. The van der Waals surface area contributed by atoms with Crippen LogP contribution in [0.25, 0.3) is 0 Å². The molecule has 0 saturated heterocycles. The van der Waals surface area contributed by atoms with Crippen molar-refractivity contribution >= 4 is 40.9 Å². The third-order valence-electron chi connectivity index (χ3n) is 2.18. The van der Waals surface area contributed by atoms with Gasteiger partial charge in [0.15, 0.2) is 5.82 Å². The van der Waals surface area contributed by atoms with Crippen LogP contribution in [0.4, 0.5) is 5.82 Å². The SMILES string of the molecule is C[C@@H](CC(=O)[O-])CC(=O)NNc1ncc(Cl)cc1Cl. The van der Waals surface area contributed by atoms with Crippen LogP contribution in [0.15, 0.2) is 12.3 Å². The number of nitrogens with one attached hydrogen (secondary N) is 2. The summed E-state index contributed by atoms with van der Waals surface area (Å²) in [6.45, 7) is 1.64. The number of pyridine rings is 1. The zero-order chi connectivity index (χ0) is 14.4. The van der Waals surface area contributed by atoms with Crippen molar-refractivity contribution in [1.82, 2.24) is 10.4 Å². The molecule has 0 aliphatic heterocycles. The molecule has 0 saturated carbocycles. The van der Waals surface area contributed by atoms with Gasteiger partial charge >= 0.3 is 0 Å². The van der Waals surface area contributed by atoms with Gasteiger partial charge in [0, 0.05) is 18.6 Å². The number of carboxylic acids is 1. The van der Waals surface area contributed by atoms with E-state index in [0.29, 0.717) is 5.02 Å². The lowest BCUT2D eigenvalue weighted by Crippen LogP contribution is -2.32. The van der Waals surface area contributed by atoms with Crippen LogP contribution in [0.3, 0.4) is 0 Å². The van der Waals surface area contributed by atoms with Gasteiger partial charge in [0.1, 0.15) is 0 Å². The molecule has 19 heavy (non-hydrogen) atoms. The van der Waals surface area contributed by atoms with Gasteiger partial charge in [-0.3, -0.25) is 15.6 Å². The average Bonchev–Trinajstić information content (AvgIpc) is 2.26. The number of carboxylic acid groups (broad SMARTS) is 1. The normalized spacial score (nSPS) is 11.7. The van der Waals surface area contributed by atoms with E-state index in [-0.39, 0.29) is 35.5 Å². The maximum Gasteiger partial charge on any atom is 0.238 e. The highest BCUT2D eigenvalue weighted by molar-refractivity contribution is 6.35. The second-order valence-electron chi connectivity index (χ2n) is 4.04. The number of aliphatic carboxylic acids is 1. The number of rotatable bonds is 6. The molecule has 1 amide bonds. The Bertz CT molecular complexity index is 482. The van der Waals surface area contributed by atoms with E-state index in [4.69, 9.17) is 23.2 Å². The number of amides is 1. The first kappa shape index (κ1) is 15.5. The van der Waals surface area contributed by atoms with E-state index in [9.17, 15) is 14.7 Å². The number of halogens is 2. The summed E-state index contributed by atoms with van der Waals surface area (Å²) in [5.41, 5.74) is 4.91. The topological polar surface area (TPSA) is 94.1 Å². The molecule has 1 aromatic rings. The molecule has 6 nitrogen and oxygen atoms in total. The summed E-state index contributed by atoms with van der Waals surface area (Å²) < 4.78 is 0. The Labute approximate surface area is 120 Å². The molecule has 0 aliphatic carbocycles. The summed E-state index contributed by atoms with van der Waals surface area (Å²) in [7, 11) is 0. The smallest absolute Gasteiger partial charge is 0.238 e. The Morgan fingerprint density at radius 3 is 2.68 bits per heavy atom. The third kappa shape index (κ3) is 5.76. The molecule has 0 bridgehead atoms. The van der Waals surface area contributed by atoms with Crippen molar-refractivity contribution in [3.63, 3.8) is 0 Å². The van der Waals surface area contributed by atoms with E-state index in [1.165, 1.54) is 12.3 Å². The second-order valence-corrected chi connectivity index (χ2v) is 4.89. The van der Waals surface area contributed by atoms with Gasteiger partial charge in [-0.2, -0.15) is 0 Å². The quantitative estimate of drug-likeness (QED) is 0.765. The Kier molecular flexibility index (Phi) is 5.85. The molecule has 0 spiro atoms. The van der Waals surface area contributed by atoms with Crippen molar-refractivity contribution in [2.24, 2.45) is 5.92 Å². The summed E-state index contributed by atoms with van der Waals surface area (Å²) in [6.07, 6.45) is 1.25. The number of aromatic nitrogens is 1. The van der Waals surface area contributed by atoms with Crippen molar-refractivity contribution in [2.75, 3.05) is 5.43 Å². The Hall–Kier alpha value is -1.53. The molecule has 1 rings (SSSR count). The van der Waals surface area contributed by atoms with Crippen LogP contribution in [0.5, 0.6) is 0 Å². The summed E-state index contributed by atoms with van der Waals surface area (Å²) in [5.74, 6) is -1.62. The van der Waals surface area contributed by atoms with E-state index in [1.54, 1.807) is 6.92 Å². The number of carbonyl (C=O) groups excluding carboxylic acids is 2. The van der Waals surface area contributed by atoms with Crippen molar-refractivity contribution in [3.05, 3.63) is 22.3 Å². The van der Waals surface area contributed by atoms with Gasteiger partial charge < -0.3 is 9.90 Å². The van der Waals surface area contributed by atoms with E-state index in [2.05, 4.69) is 15.8 Å². The number of hydrogen-bond donors (Lipinski definition) is 2. The molecule has 0 unspecified atom stereocenters. The van der Waals surface area contributed by atoms with Gasteiger partial charge in [-0.25, -0.2) is 4.98 Å². The molecule has 1 atom stereocenters. The molecule has 104 valence electrons. The van der Waals surface area contributed by atoms with Crippen molar-refractivity contribution in [3.8, 4) is 0 Å².